The minimum atomic E-state index is -0.988. The molecule has 3 aromatic carbocycles. The van der Waals surface area contributed by atoms with Gasteiger partial charge in [-0.05, 0) is 53.6 Å². The average molecular weight is 509 g/mol. The number of amides is 1. The molecule has 3 aromatic rings. The van der Waals surface area contributed by atoms with Crippen molar-refractivity contribution in [2.24, 2.45) is 0 Å². The third kappa shape index (κ3) is 4.13. The number of phenolic OH excluding ortho intramolecular Hbond substituents is 1. The lowest BCUT2D eigenvalue weighted by molar-refractivity contribution is -0.140. The number of hydrogen-bond acceptors (Lipinski definition) is 6. The van der Waals surface area contributed by atoms with Crippen molar-refractivity contribution in [3.63, 3.8) is 0 Å². The number of rotatable bonds is 4. The van der Waals surface area contributed by atoms with Gasteiger partial charge in [-0.3, -0.25) is 9.59 Å². The Labute approximate surface area is 211 Å². The zero-order valence-electron chi connectivity index (χ0n) is 19.2. The van der Waals surface area contributed by atoms with Crippen molar-refractivity contribution in [1.82, 2.24) is 4.90 Å². The summed E-state index contributed by atoms with van der Waals surface area (Å²) in [4.78, 5) is 29.7. The van der Waals surface area contributed by atoms with Gasteiger partial charge >= 0.3 is 0 Å². The number of anilines is 1. The fourth-order valence-electron chi connectivity index (χ4n) is 4.52. The molecule has 0 saturated carbocycles. The van der Waals surface area contributed by atoms with Crippen molar-refractivity contribution >= 4 is 34.7 Å². The van der Waals surface area contributed by atoms with Crippen LogP contribution in [0.25, 0.3) is 5.76 Å². The molecule has 2 N–H and O–H groups in total. The van der Waals surface area contributed by atoms with Gasteiger partial charge in [0, 0.05) is 19.2 Å². The Bertz CT molecular complexity index is 1410. The van der Waals surface area contributed by atoms with E-state index in [-0.39, 0.29) is 28.6 Å². The first-order chi connectivity index (χ1) is 17.2. The number of nitrogens with zero attached hydrogens (tertiary/aromatic N) is 2. The number of phenols is 1. The molecule has 36 heavy (non-hydrogen) atoms. The second kappa shape index (κ2) is 9.20. The van der Waals surface area contributed by atoms with Gasteiger partial charge in [0.15, 0.2) is 0 Å². The first kappa shape index (κ1) is 23.7. The molecule has 2 heterocycles. The monoisotopic (exact) mass is 508 g/mol. The van der Waals surface area contributed by atoms with Crippen LogP contribution in [0, 0.1) is 5.82 Å². The van der Waals surface area contributed by atoms with Crippen molar-refractivity contribution in [3.05, 3.63) is 93.8 Å². The summed E-state index contributed by atoms with van der Waals surface area (Å²) in [7, 11) is 1.89. The number of benzene rings is 3. The number of likely N-dealkylation sites (tertiary alicyclic amines) is 1. The maximum atomic E-state index is 13.4. The fraction of sp³-hybridized carbons (Fsp3) is 0.185. The molecule has 0 radical (unpaired) electrons. The minimum absolute atomic E-state index is 0.00837. The van der Waals surface area contributed by atoms with E-state index >= 15 is 0 Å². The molecule has 7 nitrogen and oxygen atoms in total. The van der Waals surface area contributed by atoms with Gasteiger partial charge < -0.3 is 24.7 Å². The molecule has 0 spiro atoms. The van der Waals surface area contributed by atoms with Gasteiger partial charge in [-0.15, -0.1) is 0 Å². The van der Waals surface area contributed by atoms with Crippen LogP contribution >= 0.6 is 11.6 Å². The highest BCUT2D eigenvalue weighted by atomic mass is 35.5. The largest absolute Gasteiger partial charge is 0.507 e. The van der Waals surface area contributed by atoms with Crippen LogP contribution in [-0.4, -0.2) is 47.0 Å². The predicted octanol–water partition coefficient (Wildman–Crippen LogP) is 4.64. The normalized spacial score (nSPS) is 18.8. The molecule has 0 aliphatic carbocycles. The van der Waals surface area contributed by atoms with Crippen molar-refractivity contribution in [2.45, 2.75) is 12.6 Å². The number of aromatic hydroxyl groups is 1. The number of halogens is 2. The lowest BCUT2D eigenvalue weighted by Gasteiger charge is -2.28. The quantitative estimate of drug-likeness (QED) is 0.303. The lowest BCUT2D eigenvalue weighted by atomic mass is 9.94. The number of likely N-dealkylation sites (N-methyl/N-ethyl adjacent to an activating group) is 1. The number of ether oxygens (including phenoxy) is 1. The highest BCUT2D eigenvalue weighted by molar-refractivity contribution is 6.46. The van der Waals surface area contributed by atoms with Crippen molar-refractivity contribution in [2.75, 3.05) is 25.1 Å². The topological polar surface area (TPSA) is 90.3 Å². The number of Topliss-reactive ketones (excluding diaryl/α,β-unsaturated/α-hetero) is 1. The highest BCUT2D eigenvalue weighted by Crippen LogP contribution is 2.43. The summed E-state index contributed by atoms with van der Waals surface area (Å²) in [5.41, 5.74) is 2.01. The third-order valence-electron chi connectivity index (χ3n) is 6.42. The molecule has 1 unspecified atom stereocenters. The maximum Gasteiger partial charge on any atom is 0.295 e. The predicted molar refractivity (Wildman–Crippen MR) is 133 cm³/mol. The molecule has 0 aromatic heterocycles. The second-order valence-electron chi connectivity index (χ2n) is 8.72. The van der Waals surface area contributed by atoms with E-state index in [1.165, 1.54) is 47.4 Å². The second-order valence-corrected chi connectivity index (χ2v) is 9.12. The molecule has 1 saturated heterocycles. The smallest absolute Gasteiger partial charge is 0.295 e. The van der Waals surface area contributed by atoms with Crippen molar-refractivity contribution in [3.8, 4) is 11.5 Å². The molecule has 1 fully saturated rings. The van der Waals surface area contributed by atoms with Gasteiger partial charge in [0.2, 0.25) is 0 Å². The van der Waals surface area contributed by atoms with Gasteiger partial charge in [-0.25, -0.2) is 4.39 Å². The number of aliphatic hydroxyl groups is 1. The molecule has 184 valence electrons. The number of hydrogen-bond donors (Lipinski definition) is 2. The van der Waals surface area contributed by atoms with Gasteiger partial charge in [-0.1, -0.05) is 29.8 Å². The molecular formula is C27H22ClFN2O5. The van der Waals surface area contributed by atoms with Crippen LogP contribution in [0.5, 0.6) is 11.5 Å². The number of aliphatic hydroxyl groups excluding tert-OH is 1. The standard InChI is InChI=1S/C27H22ClFN2O5/c1-30-10-11-36-22-9-5-17(13-20(22)30)25(33)23-24(16-4-8-21(32)19(28)12-16)31(27(35)26(23)34)14-15-2-6-18(29)7-3-15/h2-9,12-13,24,32-33H,10-11,14H2,1H3/b25-23-. The van der Waals surface area contributed by atoms with E-state index in [0.29, 0.717) is 35.6 Å². The number of ketones is 1. The Morgan fingerprint density at radius 1 is 1.11 bits per heavy atom. The molecule has 0 bridgehead atoms. The fourth-order valence-corrected chi connectivity index (χ4v) is 4.71. The van der Waals surface area contributed by atoms with E-state index < -0.39 is 23.5 Å². The summed E-state index contributed by atoms with van der Waals surface area (Å²) in [5, 5.41) is 21.3. The third-order valence-corrected chi connectivity index (χ3v) is 6.72. The zero-order chi connectivity index (χ0) is 25.6. The summed E-state index contributed by atoms with van der Waals surface area (Å²) in [6, 6.07) is 14.0. The Balaban J connectivity index is 1.65. The summed E-state index contributed by atoms with van der Waals surface area (Å²) in [5.74, 6) is -1.94. The van der Waals surface area contributed by atoms with E-state index in [9.17, 15) is 24.2 Å². The summed E-state index contributed by atoms with van der Waals surface area (Å²) in [6.07, 6.45) is 0. The molecule has 1 amide bonds. The lowest BCUT2D eigenvalue weighted by Crippen LogP contribution is -2.29. The van der Waals surface area contributed by atoms with Crippen LogP contribution in [0.2, 0.25) is 5.02 Å². The van der Waals surface area contributed by atoms with E-state index in [4.69, 9.17) is 16.3 Å². The van der Waals surface area contributed by atoms with Crippen LogP contribution in [0.1, 0.15) is 22.7 Å². The van der Waals surface area contributed by atoms with Crippen LogP contribution < -0.4 is 9.64 Å². The van der Waals surface area contributed by atoms with E-state index in [1.807, 2.05) is 11.9 Å². The first-order valence-corrected chi connectivity index (χ1v) is 11.6. The first-order valence-electron chi connectivity index (χ1n) is 11.2. The van der Waals surface area contributed by atoms with Crippen LogP contribution in [-0.2, 0) is 16.1 Å². The van der Waals surface area contributed by atoms with Crippen LogP contribution in [0.4, 0.5) is 10.1 Å². The van der Waals surface area contributed by atoms with Crippen molar-refractivity contribution in [1.29, 1.82) is 0 Å². The van der Waals surface area contributed by atoms with Gasteiger partial charge in [-0.2, -0.15) is 0 Å². The minimum Gasteiger partial charge on any atom is -0.507 e. The Hall–Kier alpha value is -4.04. The highest BCUT2D eigenvalue weighted by Gasteiger charge is 2.46. The number of fused-ring (bicyclic) bond motifs is 1. The Kier molecular flexibility index (Phi) is 6.05. The van der Waals surface area contributed by atoms with Crippen LogP contribution in [0.3, 0.4) is 0 Å². The van der Waals surface area contributed by atoms with Crippen LogP contribution in [0.15, 0.2) is 66.2 Å². The van der Waals surface area contributed by atoms with Crippen molar-refractivity contribution < 1.29 is 28.9 Å². The molecular weight excluding hydrogens is 487 g/mol. The van der Waals surface area contributed by atoms with E-state index in [1.54, 1.807) is 18.2 Å². The molecule has 9 heteroatoms. The molecule has 2 aliphatic rings. The number of carbonyl (C=O) groups excluding carboxylic acids is 2. The van der Waals surface area contributed by atoms with Gasteiger partial charge in [0.1, 0.15) is 29.7 Å². The summed E-state index contributed by atoms with van der Waals surface area (Å²) >= 11 is 6.15. The zero-order valence-corrected chi connectivity index (χ0v) is 20.0. The summed E-state index contributed by atoms with van der Waals surface area (Å²) in [6.45, 7) is 1.18. The van der Waals surface area contributed by atoms with E-state index in [2.05, 4.69) is 0 Å². The summed E-state index contributed by atoms with van der Waals surface area (Å²) < 4.78 is 19.1. The Morgan fingerprint density at radius 2 is 1.86 bits per heavy atom. The van der Waals surface area contributed by atoms with E-state index in [0.717, 1.165) is 5.69 Å². The molecule has 5 rings (SSSR count). The van der Waals surface area contributed by atoms with Gasteiger partial charge in [0.25, 0.3) is 11.7 Å². The van der Waals surface area contributed by atoms with Gasteiger partial charge in [0.05, 0.1) is 28.9 Å². The SMILES string of the molecule is CN1CCOc2ccc(/C(O)=C3/C(=O)C(=O)N(Cc4ccc(F)cc4)C3c3ccc(O)c(Cl)c3)cc21. The Morgan fingerprint density at radius 3 is 2.58 bits per heavy atom. The molecule has 1 atom stereocenters. The molecule has 2 aliphatic heterocycles. The maximum absolute atomic E-state index is 13.4. The number of carbonyl (C=O) groups is 2. The average Bonchev–Trinajstić information content (AvgIpc) is 3.11.